The monoisotopic (exact) mass is 544 g/mol. The Hall–Kier alpha value is -3.70. The molecule has 0 spiro atoms. The van der Waals surface area contributed by atoms with Gasteiger partial charge in [0.15, 0.2) is 23.2 Å². The summed E-state index contributed by atoms with van der Waals surface area (Å²) in [5.74, 6) is -1.87. The summed E-state index contributed by atoms with van der Waals surface area (Å²) in [6.45, 7) is 5.26. The fraction of sp³-hybridized carbons (Fsp3) is 0.500. The molecule has 11 heteroatoms. The van der Waals surface area contributed by atoms with Gasteiger partial charge in [0.1, 0.15) is 6.10 Å². The fourth-order valence-corrected chi connectivity index (χ4v) is 4.22. The molecule has 1 aromatic heterocycles. The summed E-state index contributed by atoms with van der Waals surface area (Å²) < 4.78 is 33.4. The molecular weight excluding hydrogens is 508 g/mol. The number of carbonyl (C=O) groups excluding carboxylic acids is 3. The Balaban J connectivity index is 1.77. The molecule has 0 radical (unpaired) electrons. The maximum Gasteiger partial charge on any atom is 0.331 e. The highest BCUT2D eigenvalue weighted by atomic mass is 16.7. The zero-order valence-electron chi connectivity index (χ0n) is 22.7. The Morgan fingerprint density at radius 3 is 2.62 bits per heavy atom. The predicted molar refractivity (Wildman–Crippen MR) is 139 cm³/mol. The Morgan fingerprint density at radius 2 is 1.92 bits per heavy atom. The number of esters is 2. The third-order valence-electron chi connectivity index (χ3n) is 6.06. The van der Waals surface area contributed by atoms with E-state index in [1.54, 1.807) is 6.92 Å². The number of cyclic esters (lactones) is 1. The van der Waals surface area contributed by atoms with Crippen molar-refractivity contribution in [1.82, 2.24) is 10.3 Å². The second-order valence-corrected chi connectivity index (χ2v) is 9.08. The minimum atomic E-state index is -1.11. The number of benzene rings is 1. The van der Waals surface area contributed by atoms with Crippen LogP contribution in [0.1, 0.15) is 43.2 Å². The van der Waals surface area contributed by atoms with Crippen LogP contribution in [0.5, 0.6) is 11.5 Å². The molecule has 4 unspecified atom stereocenters. The Bertz CT molecular complexity index is 1100. The number of carbonyl (C=O) groups is 3. The summed E-state index contributed by atoms with van der Waals surface area (Å²) in [4.78, 5) is 41.6. The quantitative estimate of drug-likeness (QED) is 0.333. The number of hydrogen-bond acceptors (Lipinski definition) is 10. The molecule has 1 aromatic carbocycles. The number of aromatic nitrogens is 1. The van der Waals surface area contributed by atoms with E-state index in [1.165, 1.54) is 26.3 Å². The first-order chi connectivity index (χ1) is 18.8. The Morgan fingerprint density at radius 1 is 1.15 bits per heavy atom. The van der Waals surface area contributed by atoms with E-state index in [-0.39, 0.29) is 29.7 Å². The van der Waals surface area contributed by atoms with Crippen LogP contribution < -0.4 is 14.8 Å². The van der Waals surface area contributed by atoms with Crippen LogP contribution in [0.25, 0.3) is 0 Å². The van der Waals surface area contributed by atoms with Gasteiger partial charge in [0.25, 0.3) is 5.91 Å². The molecule has 1 amide bonds. The van der Waals surface area contributed by atoms with Gasteiger partial charge >= 0.3 is 11.9 Å². The second kappa shape index (κ2) is 15.0. The fourth-order valence-electron chi connectivity index (χ4n) is 4.22. The lowest BCUT2D eigenvalue weighted by Gasteiger charge is -2.30. The standard InChI is InChI=1S/C28H36N2O9/c1-5-13-36-25-18(2)39-28(33)22(16-35-15-21(25)14-20-9-7-6-8-10-20)30-27(32)24-26(38-17-37-19(3)31)23(34-4)11-12-29-24/h6-12,18,21-22,25H,5,13-17H2,1-4H3,(H,30,32). The van der Waals surface area contributed by atoms with Gasteiger partial charge in [-0.15, -0.1) is 0 Å². The number of pyridine rings is 1. The lowest BCUT2D eigenvalue weighted by molar-refractivity contribution is -0.160. The molecule has 2 aromatic rings. The number of nitrogens with one attached hydrogen (secondary N) is 1. The average molecular weight is 545 g/mol. The summed E-state index contributed by atoms with van der Waals surface area (Å²) in [5.41, 5.74) is 0.956. The van der Waals surface area contributed by atoms with Crippen LogP contribution in [0, 0.1) is 5.92 Å². The molecule has 212 valence electrons. The molecule has 1 N–H and O–H groups in total. The lowest BCUT2D eigenvalue weighted by atomic mass is 9.91. The van der Waals surface area contributed by atoms with Crippen LogP contribution in [-0.2, 0) is 35.0 Å². The summed E-state index contributed by atoms with van der Waals surface area (Å²) >= 11 is 0. The first kappa shape index (κ1) is 29.9. The van der Waals surface area contributed by atoms with Crippen LogP contribution in [0.3, 0.4) is 0 Å². The van der Waals surface area contributed by atoms with Crippen LogP contribution in [0.4, 0.5) is 0 Å². The number of methoxy groups -OCH3 is 1. The van der Waals surface area contributed by atoms with Crippen molar-refractivity contribution in [3.63, 3.8) is 0 Å². The zero-order chi connectivity index (χ0) is 28.2. The highest BCUT2D eigenvalue weighted by Crippen LogP contribution is 2.30. The molecule has 0 saturated carbocycles. The molecule has 0 bridgehead atoms. The number of nitrogens with zero attached hydrogens (tertiary/aromatic N) is 1. The van der Waals surface area contributed by atoms with E-state index in [9.17, 15) is 14.4 Å². The Labute approximate surface area is 228 Å². The van der Waals surface area contributed by atoms with Crippen molar-refractivity contribution in [2.75, 3.05) is 33.7 Å². The molecular formula is C28H36N2O9. The number of rotatable bonds is 11. The number of ether oxygens (including phenoxy) is 6. The second-order valence-electron chi connectivity index (χ2n) is 9.08. The van der Waals surface area contributed by atoms with Gasteiger partial charge in [-0.1, -0.05) is 37.3 Å². The SMILES string of the molecule is CCCOC1C(Cc2ccccc2)COCC(NC(=O)c2nccc(OC)c2OCOC(C)=O)C(=O)OC1C. The maximum atomic E-state index is 13.2. The largest absolute Gasteiger partial charge is 0.493 e. The molecule has 0 aliphatic carbocycles. The zero-order valence-corrected chi connectivity index (χ0v) is 22.7. The van der Waals surface area contributed by atoms with Crippen LogP contribution in [0.2, 0.25) is 0 Å². The third-order valence-corrected chi connectivity index (χ3v) is 6.06. The summed E-state index contributed by atoms with van der Waals surface area (Å²) in [5, 5.41) is 2.63. The van der Waals surface area contributed by atoms with Crippen LogP contribution in [-0.4, -0.2) is 74.8 Å². The first-order valence-corrected chi connectivity index (χ1v) is 12.9. The van der Waals surface area contributed by atoms with Crippen molar-refractivity contribution >= 4 is 17.8 Å². The molecule has 1 aliphatic rings. The molecule has 1 saturated heterocycles. The summed E-state index contributed by atoms with van der Waals surface area (Å²) in [6.07, 6.45) is 1.85. The minimum Gasteiger partial charge on any atom is -0.493 e. The van der Waals surface area contributed by atoms with Crippen LogP contribution >= 0.6 is 0 Å². The van der Waals surface area contributed by atoms with E-state index in [0.29, 0.717) is 19.6 Å². The van der Waals surface area contributed by atoms with Crippen LogP contribution in [0.15, 0.2) is 42.6 Å². The van der Waals surface area contributed by atoms with Gasteiger partial charge < -0.3 is 33.7 Å². The normalized spacial score (nSPS) is 21.5. The molecule has 39 heavy (non-hydrogen) atoms. The first-order valence-electron chi connectivity index (χ1n) is 12.9. The number of amides is 1. The molecule has 3 rings (SSSR count). The van der Waals surface area contributed by atoms with Crippen molar-refractivity contribution in [3.8, 4) is 11.5 Å². The van der Waals surface area contributed by atoms with Crippen molar-refractivity contribution in [3.05, 3.63) is 53.9 Å². The van der Waals surface area contributed by atoms with Gasteiger partial charge in [-0.3, -0.25) is 9.59 Å². The summed E-state index contributed by atoms with van der Waals surface area (Å²) in [7, 11) is 1.39. The van der Waals surface area contributed by atoms with E-state index in [1.807, 2.05) is 37.3 Å². The maximum absolute atomic E-state index is 13.2. The van der Waals surface area contributed by atoms with Crippen molar-refractivity contribution in [2.45, 2.75) is 51.9 Å². The highest BCUT2D eigenvalue weighted by Gasteiger charge is 2.36. The van der Waals surface area contributed by atoms with E-state index in [0.717, 1.165) is 12.0 Å². The van der Waals surface area contributed by atoms with Gasteiger partial charge in [-0.05, 0) is 25.3 Å². The lowest BCUT2D eigenvalue weighted by Crippen LogP contribution is -2.46. The van der Waals surface area contributed by atoms with Gasteiger partial charge in [-0.2, -0.15) is 0 Å². The van der Waals surface area contributed by atoms with Gasteiger partial charge in [0.05, 0.1) is 26.4 Å². The van der Waals surface area contributed by atoms with E-state index >= 15 is 0 Å². The third kappa shape index (κ3) is 8.66. The van der Waals surface area contributed by atoms with Crippen molar-refractivity contribution < 1.29 is 42.8 Å². The average Bonchev–Trinajstić information content (AvgIpc) is 2.96. The van der Waals surface area contributed by atoms with Gasteiger partial charge in [0.2, 0.25) is 6.79 Å². The number of hydrogen-bond donors (Lipinski definition) is 1. The highest BCUT2D eigenvalue weighted by molar-refractivity contribution is 5.98. The van der Waals surface area contributed by atoms with E-state index < -0.39 is 42.9 Å². The smallest absolute Gasteiger partial charge is 0.331 e. The molecule has 4 atom stereocenters. The molecule has 1 aliphatic heterocycles. The van der Waals surface area contributed by atoms with Crippen molar-refractivity contribution in [1.29, 1.82) is 0 Å². The Kier molecular flexibility index (Phi) is 11.5. The van der Waals surface area contributed by atoms with Gasteiger partial charge in [-0.25, -0.2) is 9.78 Å². The molecule has 1 fully saturated rings. The topological polar surface area (TPSA) is 132 Å². The van der Waals surface area contributed by atoms with Gasteiger partial charge in [0, 0.05) is 31.7 Å². The summed E-state index contributed by atoms with van der Waals surface area (Å²) in [6, 6.07) is 10.3. The minimum absolute atomic E-state index is 0.0413. The van der Waals surface area contributed by atoms with E-state index in [4.69, 9.17) is 28.4 Å². The van der Waals surface area contributed by atoms with E-state index in [2.05, 4.69) is 10.3 Å². The molecule has 11 nitrogen and oxygen atoms in total. The predicted octanol–water partition coefficient (Wildman–Crippen LogP) is 2.70. The molecule has 2 heterocycles. The van der Waals surface area contributed by atoms with Crippen molar-refractivity contribution in [2.24, 2.45) is 5.92 Å².